The standard InChI is InChI=1S/C31H52O2/c1-19-12-16-29(7)25(33)18-30(8)23(31(29,9)20(19)2)11-10-22-27(5)15-14-24(32)26(3,4)21(27)13-17-28(22,30)6/h11,19-22,24-25,32-33H,10,12-18H2,1-9H3/t19-,20+,21+,22-,24+,25+,27+,28-,29-,30-,31+/m1/s1. The van der Waals surface area contributed by atoms with Crippen molar-refractivity contribution in [2.24, 2.45) is 56.2 Å². The van der Waals surface area contributed by atoms with E-state index in [1.165, 1.54) is 25.7 Å². The van der Waals surface area contributed by atoms with Gasteiger partial charge in [0, 0.05) is 5.41 Å². The SMILES string of the molecule is C[C@@H]1CC[C@]2(C)[C@@H](O)C[C@]3(C)C(=CC[C@@H]4[C@@]5(C)CC[C@H](O)C(C)(C)[C@@H]5CC[C@]43C)[C@]2(C)[C@H]1C. The Kier molecular flexibility index (Phi) is 5.10. The molecule has 2 heteroatoms. The minimum atomic E-state index is -0.231. The summed E-state index contributed by atoms with van der Waals surface area (Å²) in [5.41, 5.74) is 2.24. The van der Waals surface area contributed by atoms with Gasteiger partial charge in [-0.05, 0) is 102 Å². The molecule has 4 saturated carbocycles. The molecule has 0 heterocycles. The van der Waals surface area contributed by atoms with Crippen molar-refractivity contribution in [1.82, 2.24) is 0 Å². The van der Waals surface area contributed by atoms with Crippen LogP contribution in [-0.4, -0.2) is 22.4 Å². The molecule has 33 heavy (non-hydrogen) atoms. The summed E-state index contributed by atoms with van der Waals surface area (Å²) in [7, 11) is 0. The van der Waals surface area contributed by atoms with Crippen LogP contribution in [-0.2, 0) is 0 Å². The van der Waals surface area contributed by atoms with Gasteiger partial charge in [0.05, 0.1) is 12.2 Å². The first kappa shape index (κ1) is 24.4. The third kappa shape index (κ3) is 2.59. The smallest absolute Gasteiger partial charge is 0.0610 e. The van der Waals surface area contributed by atoms with Crippen LogP contribution in [0, 0.1) is 56.2 Å². The van der Waals surface area contributed by atoms with E-state index < -0.39 is 0 Å². The van der Waals surface area contributed by atoms with Gasteiger partial charge in [-0.3, -0.25) is 0 Å². The molecule has 0 amide bonds. The normalized spacial score (nSPS) is 60.0. The van der Waals surface area contributed by atoms with E-state index in [0.29, 0.717) is 23.7 Å². The molecular formula is C31H52O2. The Balaban J connectivity index is 1.65. The number of hydrogen-bond donors (Lipinski definition) is 2. The predicted molar refractivity (Wildman–Crippen MR) is 137 cm³/mol. The third-order valence-electron chi connectivity index (χ3n) is 14.4. The lowest BCUT2D eigenvalue weighted by atomic mass is 9.30. The molecule has 188 valence electrons. The number of aliphatic hydroxyl groups excluding tert-OH is 2. The van der Waals surface area contributed by atoms with E-state index in [-0.39, 0.29) is 44.7 Å². The van der Waals surface area contributed by atoms with Crippen molar-refractivity contribution in [1.29, 1.82) is 0 Å². The number of aliphatic hydroxyl groups is 2. The summed E-state index contributed by atoms with van der Waals surface area (Å²) in [6.45, 7) is 22.3. The average Bonchev–Trinajstić information content (AvgIpc) is 2.73. The maximum atomic E-state index is 11.9. The summed E-state index contributed by atoms with van der Waals surface area (Å²) in [4.78, 5) is 0. The van der Waals surface area contributed by atoms with Crippen LogP contribution < -0.4 is 0 Å². The Morgan fingerprint density at radius 3 is 2.06 bits per heavy atom. The van der Waals surface area contributed by atoms with Crippen molar-refractivity contribution in [3.63, 3.8) is 0 Å². The first-order valence-corrected chi connectivity index (χ1v) is 14.2. The van der Waals surface area contributed by atoms with Crippen LogP contribution in [0.25, 0.3) is 0 Å². The summed E-state index contributed by atoms with van der Waals surface area (Å²) < 4.78 is 0. The lowest BCUT2D eigenvalue weighted by Crippen LogP contribution is -2.69. The molecule has 0 saturated heterocycles. The van der Waals surface area contributed by atoms with Crippen LogP contribution in [0.15, 0.2) is 11.6 Å². The van der Waals surface area contributed by atoms with Gasteiger partial charge >= 0.3 is 0 Å². The Morgan fingerprint density at radius 2 is 1.39 bits per heavy atom. The first-order valence-electron chi connectivity index (χ1n) is 14.2. The third-order valence-corrected chi connectivity index (χ3v) is 14.4. The number of hydrogen-bond acceptors (Lipinski definition) is 2. The fourth-order valence-electron chi connectivity index (χ4n) is 11.4. The van der Waals surface area contributed by atoms with Gasteiger partial charge in [-0.2, -0.15) is 0 Å². The fourth-order valence-corrected chi connectivity index (χ4v) is 11.4. The van der Waals surface area contributed by atoms with Gasteiger partial charge in [0.1, 0.15) is 0 Å². The van der Waals surface area contributed by atoms with Crippen molar-refractivity contribution >= 4 is 0 Å². The van der Waals surface area contributed by atoms with Crippen molar-refractivity contribution in [3.05, 3.63) is 11.6 Å². The topological polar surface area (TPSA) is 40.5 Å². The summed E-state index contributed by atoms with van der Waals surface area (Å²) >= 11 is 0. The zero-order valence-electron chi connectivity index (χ0n) is 23.1. The molecule has 0 spiro atoms. The molecule has 2 nitrogen and oxygen atoms in total. The molecular weight excluding hydrogens is 404 g/mol. The Morgan fingerprint density at radius 1 is 0.758 bits per heavy atom. The van der Waals surface area contributed by atoms with Crippen molar-refractivity contribution < 1.29 is 10.2 Å². The molecule has 5 rings (SSSR count). The number of allylic oxidation sites excluding steroid dienone is 2. The number of fused-ring (bicyclic) bond motifs is 7. The van der Waals surface area contributed by atoms with E-state index >= 15 is 0 Å². The molecule has 5 aliphatic carbocycles. The second-order valence-electron chi connectivity index (χ2n) is 15.3. The van der Waals surface area contributed by atoms with Crippen LogP contribution >= 0.6 is 0 Å². The molecule has 0 radical (unpaired) electrons. The zero-order chi connectivity index (χ0) is 24.4. The van der Waals surface area contributed by atoms with Crippen LogP contribution in [0.5, 0.6) is 0 Å². The van der Waals surface area contributed by atoms with Gasteiger partial charge in [0.25, 0.3) is 0 Å². The predicted octanol–water partition coefficient (Wildman–Crippen LogP) is 7.39. The highest BCUT2D eigenvalue weighted by Crippen LogP contribution is 2.78. The van der Waals surface area contributed by atoms with Crippen molar-refractivity contribution in [3.8, 4) is 0 Å². The lowest BCUT2D eigenvalue weighted by Gasteiger charge is -2.74. The summed E-state index contributed by atoms with van der Waals surface area (Å²) in [5, 5.41) is 22.8. The molecule has 4 fully saturated rings. The van der Waals surface area contributed by atoms with E-state index in [0.717, 1.165) is 25.7 Å². The minimum absolute atomic E-state index is 0.0107. The second-order valence-corrected chi connectivity index (χ2v) is 15.3. The van der Waals surface area contributed by atoms with E-state index in [1.54, 1.807) is 5.57 Å². The molecule has 11 atom stereocenters. The van der Waals surface area contributed by atoms with E-state index in [2.05, 4.69) is 68.4 Å². The Bertz CT molecular complexity index is 859. The van der Waals surface area contributed by atoms with Gasteiger partial charge in [-0.1, -0.05) is 74.0 Å². The average molecular weight is 457 g/mol. The lowest BCUT2D eigenvalue weighted by molar-refractivity contribution is -0.229. The van der Waals surface area contributed by atoms with Crippen LogP contribution in [0.2, 0.25) is 0 Å². The number of rotatable bonds is 0. The van der Waals surface area contributed by atoms with Gasteiger partial charge in [0.15, 0.2) is 0 Å². The maximum absolute atomic E-state index is 11.9. The molecule has 0 unspecified atom stereocenters. The monoisotopic (exact) mass is 456 g/mol. The van der Waals surface area contributed by atoms with Crippen LogP contribution in [0.3, 0.4) is 0 Å². The minimum Gasteiger partial charge on any atom is -0.393 e. The molecule has 5 aliphatic rings. The summed E-state index contributed by atoms with van der Waals surface area (Å²) in [6.07, 6.45) is 11.3. The fraction of sp³-hybridized carbons (Fsp3) is 0.935. The van der Waals surface area contributed by atoms with Gasteiger partial charge < -0.3 is 10.2 Å². The quantitative estimate of drug-likeness (QED) is 0.373. The first-order chi connectivity index (χ1) is 15.1. The van der Waals surface area contributed by atoms with Crippen LogP contribution in [0.1, 0.15) is 114 Å². The largest absolute Gasteiger partial charge is 0.393 e. The molecule has 2 N–H and O–H groups in total. The van der Waals surface area contributed by atoms with E-state index in [1.807, 2.05) is 0 Å². The maximum Gasteiger partial charge on any atom is 0.0610 e. The second kappa shape index (κ2) is 6.90. The summed E-state index contributed by atoms with van der Waals surface area (Å²) in [6, 6.07) is 0. The highest BCUT2D eigenvalue weighted by Gasteiger charge is 2.72. The molecule has 0 aromatic heterocycles. The van der Waals surface area contributed by atoms with Crippen molar-refractivity contribution in [2.45, 2.75) is 126 Å². The van der Waals surface area contributed by atoms with Gasteiger partial charge in [-0.15, -0.1) is 0 Å². The highest BCUT2D eigenvalue weighted by atomic mass is 16.3. The van der Waals surface area contributed by atoms with Gasteiger partial charge in [0.2, 0.25) is 0 Å². The molecule has 0 aliphatic heterocycles. The van der Waals surface area contributed by atoms with E-state index in [4.69, 9.17) is 0 Å². The molecule has 0 aromatic carbocycles. The van der Waals surface area contributed by atoms with Gasteiger partial charge in [-0.25, -0.2) is 0 Å². The Hall–Kier alpha value is -0.340. The zero-order valence-corrected chi connectivity index (χ0v) is 23.1. The van der Waals surface area contributed by atoms with Crippen molar-refractivity contribution in [2.75, 3.05) is 0 Å². The van der Waals surface area contributed by atoms with E-state index in [9.17, 15) is 10.2 Å². The Labute approximate surface area is 204 Å². The molecule has 0 aromatic rings. The highest BCUT2D eigenvalue weighted by molar-refractivity contribution is 5.38. The van der Waals surface area contributed by atoms with Crippen LogP contribution in [0.4, 0.5) is 0 Å². The molecule has 0 bridgehead atoms. The summed E-state index contributed by atoms with van der Waals surface area (Å²) in [5.74, 6) is 2.50.